The Hall–Kier alpha value is -6.74. The molecule has 2 fully saturated rings. The van der Waals surface area contributed by atoms with E-state index >= 15 is 0 Å². The van der Waals surface area contributed by atoms with E-state index in [2.05, 4.69) is 22.5 Å². The number of carbonyl (C=O) groups is 6. The molecule has 0 saturated carbocycles. The summed E-state index contributed by atoms with van der Waals surface area (Å²) in [5, 5.41) is 5.88. The van der Waals surface area contributed by atoms with Crippen LogP contribution in [0.4, 0.5) is 11.4 Å². The molecule has 0 aromatic heterocycles. The van der Waals surface area contributed by atoms with Gasteiger partial charge in [0.25, 0.3) is 11.8 Å². The third-order valence-electron chi connectivity index (χ3n) is 10.8. The first-order chi connectivity index (χ1) is 27.9. The van der Waals surface area contributed by atoms with Crippen molar-refractivity contribution in [2.45, 2.75) is 63.7 Å². The number of rotatable bonds is 10. The normalized spacial score (nSPS) is 17.0. The van der Waals surface area contributed by atoms with E-state index in [1.807, 2.05) is 60.7 Å². The molecular weight excluding hydrogens is 733 g/mol. The lowest BCUT2D eigenvalue weighted by atomic mass is 10.0. The fourth-order valence-electron chi connectivity index (χ4n) is 7.49. The van der Waals surface area contributed by atoms with Crippen LogP contribution in [0.1, 0.15) is 73.9 Å². The Morgan fingerprint density at radius 3 is 1.22 bits per heavy atom. The summed E-state index contributed by atoms with van der Waals surface area (Å²) in [5.74, 6) is 4.59. The summed E-state index contributed by atoms with van der Waals surface area (Å²) in [7, 11) is 3.19. The molecule has 2 aliphatic heterocycles. The highest BCUT2D eigenvalue weighted by molar-refractivity contribution is 6.00. The molecule has 2 unspecified atom stereocenters. The largest absolute Gasteiger partial charge is 0.330 e. The van der Waals surface area contributed by atoms with E-state index in [4.69, 9.17) is 0 Å². The molecular formula is C46H48N6O6. The number of anilines is 2. The second-order valence-corrected chi connectivity index (χ2v) is 14.6. The Bertz CT molecular complexity index is 2050. The minimum Gasteiger partial charge on any atom is -0.330 e. The maximum Gasteiger partial charge on any atom is 0.250 e. The van der Waals surface area contributed by atoms with Gasteiger partial charge in [-0.2, -0.15) is 0 Å². The molecule has 58 heavy (non-hydrogen) atoms. The van der Waals surface area contributed by atoms with Crippen LogP contribution in [-0.2, 0) is 28.8 Å². The second-order valence-electron chi connectivity index (χ2n) is 14.6. The first-order valence-corrected chi connectivity index (χ1v) is 19.4. The highest BCUT2D eigenvalue weighted by Gasteiger charge is 2.41. The number of nitrogens with one attached hydrogen (secondary N) is 2. The molecule has 4 atom stereocenters. The van der Waals surface area contributed by atoms with Gasteiger partial charge in [0.15, 0.2) is 0 Å². The van der Waals surface area contributed by atoms with Crippen LogP contribution in [0.15, 0.2) is 109 Å². The molecule has 298 valence electrons. The predicted octanol–water partition coefficient (Wildman–Crippen LogP) is 5.38. The summed E-state index contributed by atoms with van der Waals surface area (Å²) in [6.45, 7) is 3.68. The molecule has 12 heteroatoms. The van der Waals surface area contributed by atoms with Crippen molar-refractivity contribution in [1.82, 2.24) is 19.6 Å². The van der Waals surface area contributed by atoms with Crippen molar-refractivity contribution in [3.05, 3.63) is 131 Å². The summed E-state index contributed by atoms with van der Waals surface area (Å²) < 4.78 is 0. The SMILES string of the molecule is CC(=O)N(C)C(C(=O)N1CCC[C@H]1C(=O)Nc1ccc(C#Cc2ccc(NC(=O)[C@@H]3CCCN3C(=O)C(c3ccccc3)N(C)C(C)=O)cc2)cc1)c1ccccc1. The monoisotopic (exact) mass is 780 g/mol. The Kier molecular flexibility index (Phi) is 13.0. The Morgan fingerprint density at radius 2 is 0.897 bits per heavy atom. The number of benzene rings is 4. The van der Waals surface area contributed by atoms with Crippen molar-refractivity contribution >= 4 is 46.8 Å². The van der Waals surface area contributed by atoms with Crippen LogP contribution >= 0.6 is 0 Å². The first-order valence-electron chi connectivity index (χ1n) is 19.4. The molecule has 6 rings (SSSR count). The number of likely N-dealkylation sites (tertiary alicyclic amines) is 2. The number of amides is 6. The van der Waals surface area contributed by atoms with Crippen molar-refractivity contribution in [1.29, 1.82) is 0 Å². The van der Waals surface area contributed by atoms with Crippen molar-refractivity contribution in [3.8, 4) is 11.8 Å². The molecule has 0 bridgehead atoms. The van der Waals surface area contributed by atoms with E-state index in [0.29, 0.717) is 61.3 Å². The van der Waals surface area contributed by atoms with Crippen molar-refractivity contribution in [2.24, 2.45) is 0 Å². The van der Waals surface area contributed by atoms with E-state index in [-0.39, 0.29) is 35.4 Å². The maximum absolute atomic E-state index is 13.8. The molecule has 4 aromatic carbocycles. The summed E-state index contributed by atoms with van der Waals surface area (Å²) in [6, 6.07) is 29.5. The Morgan fingerprint density at radius 1 is 0.552 bits per heavy atom. The first kappa shape index (κ1) is 40.9. The molecule has 2 heterocycles. The zero-order valence-electron chi connectivity index (χ0n) is 33.2. The smallest absolute Gasteiger partial charge is 0.250 e. The maximum atomic E-state index is 13.8. The van der Waals surface area contributed by atoms with E-state index in [1.54, 1.807) is 72.4 Å². The van der Waals surface area contributed by atoms with Crippen LogP contribution in [0.3, 0.4) is 0 Å². The van der Waals surface area contributed by atoms with Gasteiger partial charge in [0.2, 0.25) is 23.6 Å². The fraction of sp³-hybridized carbons (Fsp3) is 0.304. The van der Waals surface area contributed by atoms with E-state index < -0.39 is 24.2 Å². The van der Waals surface area contributed by atoms with E-state index in [0.717, 1.165) is 11.1 Å². The van der Waals surface area contributed by atoms with Crippen molar-refractivity contribution in [2.75, 3.05) is 37.8 Å². The number of nitrogens with zero attached hydrogens (tertiary/aromatic N) is 4. The average molecular weight is 781 g/mol. The minimum atomic E-state index is -0.832. The molecule has 4 aromatic rings. The van der Waals surface area contributed by atoms with Gasteiger partial charge >= 0.3 is 0 Å². The quantitative estimate of drug-likeness (QED) is 0.207. The highest BCUT2D eigenvalue weighted by Crippen LogP contribution is 2.30. The molecule has 12 nitrogen and oxygen atoms in total. The summed E-state index contributed by atoms with van der Waals surface area (Å²) >= 11 is 0. The number of likely N-dealkylation sites (N-methyl/N-ethyl adjacent to an activating group) is 2. The second kappa shape index (κ2) is 18.5. The van der Waals surface area contributed by atoms with Gasteiger partial charge in [-0.25, -0.2) is 0 Å². The number of hydrogen-bond donors (Lipinski definition) is 2. The zero-order valence-corrected chi connectivity index (χ0v) is 33.2. The topological polar surface area (TPSA) is 139 Å². The van der Waals surface area contributed by atoms with Gasteiger partial charge < -0.3 is 30.2 Å². The lowest BCUT2D eigenvalue weighted by Crippen LogP contribution is -2.48. The average Bonchev–Trinajstić information content (AvgIpc) is 3.94. The number of hydrogen-bond acceptors (Lipinski definition) is 6. The summed E-state index contributed by atoms with van der Waals surface area (Å²) in [4.78, 5) is 85.2. The minimum absolute atomic E-state index is 0.247. The Labute approximate surface area is 339 Å². The summed E-state index contributed by atoms with van der Waals surface area (Å²) in [6.07, 6.45) is 2.38. The van der Waals surface area contributed by atoms with Gasteiger partial charge in [-0.1, -0.05) is 72.5 Å². The van der Waals surface area contributed by atoms with Gasteiger partial charge in [-0.05, 0) is 85.3 Å². The van der Waals surface area contributed by atoms with Crippen LogP contribution < -0.4 is 10.6 Å². The van der Waals surface area contributed by atoms with Gasteiger partial charge in [0.1, 0.15) is 24.2 Å². The molecule has 0 radical (unpaired) electrons. The third-order valence-corrected chi connectivity index (χ3v) is 10.8. The zero-order chi connectivity index (χ0) is 41.3. The predicted molar refractivity (Wildman–Crippen MR) is 221 cm³/mol. The van der Waals surface area contributed by atoms with Crippen LogP contribution in [0.5, 0.6) is 0 Å². The van der Waals surface area contributed by atoms with Gasteiger partial charge in [0.05, 0.1) is 0 Å². The Balaban J connectivity index is 1.05. The van der Waals surface area contributed by atoms with Crippen LogP contribution in [-0.4, -0.2) is 94.3 Å². The molecule has 2 aliphatic rings. The molecule has 2 saturated heterocycles. The van der Waals surface area contributed by atoms with Gasteiger partial charge in [-0.3, -0.25) is 28.8 Å². The van der Waals surface area contributed by atoms with Crippen LogP contribution in [0.2, 0.25) is 0 Å². The van der Waals surface area contributed by atoms with Crippen LogP contribution in [0.25, 0.3) is 0 Å². The molecule has 0 spiro atoms. The highest BCUT2D eigenvalue weighted by atomic mass is 16.2. The molecule has 0 aliphatic carbocycles. The standard InChI is InChI=1S/C46H48N6O6/c1-31(53)49(3)41(35-13-7-5-8-14-35)45(57)51-29-11-17-39(51)43(55)47-37-25-21-33(22-26-37)19-20-34-23-27-38(28-24-34)48-44(56)40-18-12-30-52(40)46(58)42(50(4)32(2)54)36-15-9-6-10-16-36/h5-10,13-16,21-28,39-42H,11-12,17-18,29-30H2,1-4H3,(H,47,55)(H,48,56)/t39-,40-,41?,42?/m0/s1. The van der Waals surface area contributed by atoms with Crippen molar-refractivity contribution in [3.63, 3.8) is 0 Å². The van der Waals surface area contributed by atoms with E-state index in [9.17, 15) is 28.8 Å². The van der Waals surface area contributed by atoms with Crippen molar-refractivity contribution < 1.29 is 28.8 Å². The lowest BCUT2D eigenvalue weighted by Gasteiger charge is -2.33. The lowest BCUT2D eigenvalue weighted by molar-refractivity contribution is -0.146. The third kappa shape index (κ3) is 9.44. The fourth-order valence-corrected chi connectivity index (χ4v) is 7.49. The number of carbonyl (C=O) groups excluding carboxylic acids is 6. The molecule has 2 N–H and O–H groups in total. The molecule has 6 amide bonds. The van der Waals surface area contributed by atoms with Gasteiger partial charge in [-0.15, -0.1) is 0 Å². The van der Waals surface area contributed by atoms with Crippen LogP contribution in [0, 0.1) is 11.8 Å². The van der Waals surface area contributed by atoms with Gasteiger partial charge in [0, 0.05) is 63.5 Å². The van der Waals surface area contributed by atoms with E-state index in [1.165, 1.54) is 23.6 Å². The summed E-state index contributed by atoms with van der Waals surface area (Å²) in [5.41, 5.74) is 3.96.